The zero-order valence-corrected chi connectivity index (χ0v) is 13.9. The molecule has 1 N–H and O–H groups in total. The van der Waals surface area contributed by atoms with Gasteiger partial charge >= 0.3 is 0 Å². The lowest BCUT2D eigenvalue weighted by atomic mass is 10.1. The van der Waals surface area contributed by atoms with Gasteiger partial charge < -0.3 is 5.11 Å². The van der Waals surface area contributed by atoms with Crippen LogP contribution < -0.4 is 0 Å². The Morgan fingerprint density at radius 1 is 1.42 bits per heavy atom. The minimum Gasteiger partial charge on any atom is -0.386 e. The lowest BCUT2D eigenvalue weighted by molar-refractivity contribution is 0.169. The maximum absolute atomic E-state index is 10.4. The van der Waals surface area contributed by atoms with E-state index in [-0.39, 0.29) is 0 Å². The summed E-state index contributed by atoms with van der Waals surface area (Å²) < 4.78 is 3.68. The van der Waals surface area contributed by atoms with E-state index in [2.05, 4.69) is 41.9 Å². The summed E-state index contributed by atoms with van der Waals surface area (Å²) >= 11 is 6.95. The van der Waals surface area contributed by atoms with E-state index in [4.69, 9.17) is 0 Å². The molecule has 2 aromatic rings. The van der Waals surface area contributed by atoms with Crippen molar-refractivity contribution in [2.45, 2.75) is 32.9 Å². The first kappa shape index (κ1) is 14.7. The van der Waals surface area contributed by atoms with Gasteiger partial charge in [0.05, 0.1) is 21.6 Å². The molecule has 0 saturated carbocycles. The molecule has 2 rings (SSSR count). The molecule has 0 fully saturated rings. The molecule has 2 heterocycles. The van der Waals surface area contributed by atoms with Gasteiger partial charge in [-0.3, -0.25) is 9.67 Å². The molecule has 19 heavy (non-hydrogen) atoms. The van der Waals surface area contributed by atoms with E-state index in [1.807, 2.05) is 30.7 Å². The Balaban J connectivity index is 2.29. The lowest BCUT2D eigenvalue weighted by Crippen LogP contribution is -2.10. The fourth-order valence-corrected chi connectivity index (χ4v) is 2.95. The SMILES string of the molecule is CCn1nc(C)c(Br)c1CC(O)c1ncccc1Br. The highest BCUT2D eigenvalue weighted by Gasteiger charge is 2.19. The maximum Gasteiger partial charge on any atom is 0.103 e. The Morgan fingerprint density at radius 3 is 2.79 bits per heavy atom. The molecule has 0 spiro atoms. The highest BCUT2D eigenvalue weighted by atomic mass is 79.9. The van der Waals surface area contributed by atoms with Gasteiger partial charge in [0.2, 0.25) is 0 Å². The van der Waals surface area contributed by atoms with E-state index in [0.717, 1.165) is 26.9 Å². The smallest absolute Gasteiger partial charge is 0.103 e. The first-order chi connectivity index (χ1) is 9.04. The lowest BCUT2D eigenvalue weighted by Gasteiger charge is -2.13. The number of hydrogen-bond acceptors (Lipinski definition) is 3. The topological polar surface area (TPSA) is 50.9 Å². The van der Waals surface area contributed by atoms with Gasteiger partial charge in [-0.15, -0.1) is 0 Å². The van der Waals surface area contributed by atoms with E-state index < -0.39 is 6.10 Å². The molecule has 102 valence electrons. The van der Waals surface area contributed by atoms with Crippen LogP contribution in [-0.4, -0.2) is 19.9 Å². The molecular weight excluding hydrogens is 374 g/mol. The average Bonchev–Trinajstić information content (AvgIpc) is 2.67. The third kappa shape index (κ3) is 3.07. The minimum absolute atomic E-state index is 0.477. The highest BCUT2D eigenvalue weighted by Crippen LogP contribution is 2.28. The van der Waals surface area contributed by atoms with E-state index in [9.17, 15) is 5.11 Å². The summed E-state index contributed by atoms with van der Waals surface area (Å²) in [5.41, 5.74) is 2.57. The molecule has 0 saturated heterocycles. The molecule has 2 aromatic heterocycles. The fraction of sp³-hybridized carbons (Fsp3) is 0.385. The van der Waals surface area contributed by atoms with Gasteiger partial charge in [-0.25, -0.2) is 0 Å². The number of nitrogens with zero attached hydrogens (tertiary/aromatic N) is 3. The molecule has 0 radical (unpaired) electrons. The average molecular weight is 389 g/mol. The Morgan fingerprint density at radius 2 is 2.16 bits per heavy atom. The van der Waals surface area contributed by atoms with Gasteiger partial charge in [-0.1, -0.05) is 0 Å². The Labute approximate surface area is 129 Å². The number of rotatable bonds is 4. The molecule has 0 aromatic carbocycles. The first-order valence-corrected chi connectivity index (χ1v) is 7.63. The number of hydrogen-bond donors (Lipinski definition) is 1. The molecule has 0 amide bonds. The van der Waals surface area contributed by atoms with Crippen molar-refractivity contribution in [3.05, 3.63) is 44.4 Å². The van der Waals surface area contributed by atoms with Crippen molar-refractivity contribution >= 4 is 31.9 Å². The summed E-state index contributed by atoms with van der Waals surface area (Å²) in [5.74, 6) is 0. The second kappa shape index (κ2) is 6.15. The predicted molar refractivity (Wildman–Crippen MR) is 80.9 cm³/mol. The molecule has 0 bridgehead atoms. The predicted octanol–water partition coefficient (Wildman–Crippen LogP) is 3.41. The first-order valence-electron chi connectivity index (χ1n) is 6.04. The van der Waals surface area contributed by atoms with Crippen molar-refractivity contribution in [1.82, 2.24) is 14.8 Å². The number of aliphatic hydroxyl groups is 1. The van der Waals surface area contributed by atoms with Crippen LogP contribution in [0.4, 0.5) is 0 Å². The third-order valence-electron chi connectivity index (χ3n) is 2.94. The number of aliphatic hydroxyl groups excluding tert-OH is 1. The summed E-state index contributed by atoms with van der Waals surface area (Å²) in [4.78, 5) is 4.22. The van der Waals surface area contributed by atoms with Crippen LogP contribution in [0.5, 0.6) is 0 Å². The third-order valence-corrected chi connectivity index (χ3v) is 4.64. The molecule has 1 unspecified atom stereocenters. The normalized spacial score (nSPS) is 12.7. The van der Waals surface area contributed by atoms with Gasteiger partial charge in [0, 0.05) is 23.6 Å². The number of pyridine rings is 1. The van der Waals surface area contributed by atoms with E-state index in [0.29, 0.717) is 12.1 Å². The molecule has 6 heteroatoms. The van der Waals surface area contributed by atoms with Crippen LogP contribution in [0.3, 0.4) is 0 Å². The monoisotopic (exact) mass is 387 g/mol. The van der Waals surface area contributed by atoms with Crippen LogP contribution >= 0.6 is 31.9 Å². The fourth-order valence-electron chi connectivity index (χ4n) is 1.99. The molecular formula is C13H15Br2N3O. The van der Waals surface area contributed by atoms with Gasteiger partial charge in [-0.05, 0) is 57.8 Å². The standard InChI is InChI=1S/C13H15Br2N3O/c1-3-18-10(12(15)8(2)17-18)7-11(19)13-9(14)5-4-6-16-13/h4-6,11,19H,3,7H2,1-2H3. The number of aryl methyl sites for hydroxylation is 2. The number of halogens is 2. The van der Waals surface area contributed by atoms with Crippen molar-refractivity contribution < 1.29 is 5.11 Å². The van der Waals surface area contributed by atoms with Crippen LogP contribution in [0, 0.1) is 6.92 Å². The van der Waals surface area contributed by atoms with Gasteiger partial charge in [0.15, 0.2) is 0 Å². The van der Waals surface area contributed by atoms with Gasteiger partial charge in [0.1, 0.15) is 6.10 Å². The summed E-state index contributed by atoms with van der Waals surface area (Å²) in [7, 11) is 0. The summed E-state index contributed by atoms with van der Waals surface area (Å²) in [6, 6.07) is 3.71. The van der Waals surface area contributed by atoms with Crippen LogP contribution in [-0.2, 0) is 13.0 Å². The summed E-state index contributed by atoms with van der Waals surface area (Å²) in [5, 5.41) is 14.8. The number of aromatic nitrogens is 3. The minimum atomic E-state index is -0.659. The van der Waals surface area contributed by atoms with Crippen LogP contribution in [0.25, 0.3) is 0 Å². The molecule has 0 aliphatic carbocycles. The molecule has 1 atom stereocenters. The Bertz CT molecular complexity index is 583. The summed E-state index contributed by atoms with van der Waals surface area (Å²) in [6.07, 6.45) is 1.50. The van der Waals surface area contributed by atoms with Crippen LogP contribution in [0.1, 0.15) is 30.1 Å². The molecule has 0 aliphatic heterocycles. The largest absolute Gasteiger partial charge is 0.386 e. The molecule has 0 aliphatic rings. The van der Waals surface area contributed by atoms with Crippen molar-refractivity contribution in [1.29, 1.82) is 0 Å². The Kier molecular flexibility index (Phi) is 4.76. The second-order valence-electron chi connectivity index (χ2n) is 4.25. The van der Waals surface area contributed by atoms with Crippen molar-refractivity contribution in [3.8, 4) is 0 Å². The van der Waals surface area contributed by atoms with E-state index >= 15 is 0 Å². The Hall–Kier alpha value is -0.720. The van der Waals surface area contributed by atoms with Crippen LogP contribution in [0.15, 0.2) is 27.3 Å². The zero-order valence-electron chi connectivity index (χ0n) is 10.8. The van der Waals surface area contributed by atoms with Crippen molar-refractivity contribution in [2.24, 2.45) is 0 Å². The quantitative estimate of drug-likeness (QED) is 0.873. The zero-order chi connectivity index (χ0) is 14.0. The highest BCUT2D eigenvalue weighted by molar-refractivity contribution is 9.10. The second-order valence-corrected chi connectivity index (χ2v) is 5.90. The van der Waals surface area contributed by atoms with Gasteiger partial charge in [-0.2, -0.15) is 5.10 Å². The van der Waals surface area contributed by atoms with Gasteiger partial charge in [0.25, 0.3) is 0 Å². The van der Waals surface area contributed by atoms with E-state index in [1.54, 1.807) is 6.20 Å². The molecule has 4 nitrogen and oxygen atoms in total. The van der Waals surface area contributed by atoms with Crippen molar-refractivity contribution in [3.63, 3.8) is 0 Å². The van der Waals surface area contributed by atoms with Crippen LogP contribution in [0.2, 0.25) is 0 Å². The van der Waals surface area contributed by atoms with E-state index in [1.165, 1.54) is 0 Å². The summed E-state index contributed by atoms with van der Waals surface area (Å²) in [6.45, 7) is 4.76. The van der Waals surface area contributed by atoms with Crippen molar-refractivity contribution in [2.75, 3.05) is 0 Å². The maximum atomic E-state index is 10.4.